The van der Waals surface area contributed by atoms with Gasteiger partial charge in [-0.05, 0) is 35.7 Å². The number of rotatable bonds is 1. The summed E-state index contributed by atoms with van der Waals surface area (Å²) in [4.78, 5) is 1.32. The lowest BCUT2D eigenvalue weighted by Crippen LogP contribution is -2.14. The first kappa shape index (κ1) is 11.6. The fraction of sp³-hybridized carbons (Fsp3) is 0.333. The fourth-order valence-corrected chi connectivity index (χ4v) is 3.50. The molecule has 0 aliphatic carbocycles. The van der Waals surface area contributed by atoms with Gasteiger partial charge in [-0.25, -0.2) is 4.31 Å². The molecule has 0 fully saturated rings. The van der Waals surface area contributed by atoms with Gasteiger partial charge in [0, 0.05) is 27.9 Å². The summed E-state index contributed by atoms with van der Waals surface area (Å²) < 4.78 is 8.76. The standard InChI is InChI=1S/C12H12BrNO2S/c13-8-1-2-9-10-6-14(7-15)17-12(10)3-4-16-11(9)5-8/h1-2,5,15H,3-4,6-7H2. The maximum atomic E-state index is 9.22. The number of halogens is 1. The van der Waals surface area contributed by atoms with Gasteiger partial charge in [0.15, 0.2) is 0 Å². The van der Waals surface area contributed by atoms with Crippen molar-refractivity contribution in [2.45, 2.75) is 6.42 Å². The van der Waals surface area contributed by atoms with Gasteiger partial charge >= 0.3 is 0 Å². The van der Waals surface area contributed by atoms with Crippen LogP contribution in [0.5, 0.6) is 5.75 Å². The highest BCUT2D eigenvalue weighted by atomic mass is 79.9. The van der Waals surface area contributed by atoms with Crippen LogP contribution in [-0.2, 0) is 0 Å². The fourth-order valence-electron chi connectivity index (χ4n) is 2.14. The Balaban J connectivity index is 2.04. The number of aliphatic hydroxyl groups is 1. The summed E-state index contributed by atoms with van der Waals surface area (Å²) >= 11 is 5.11. The maximum absolute atomic E-state index is 9.22. The predicted octanol–water partition coefficient (Wildman–Crippen LogP) is 2.86. The number of benzene rings is 1. The Kier molecular flexibility index (Phi) is 3.17. The van der Waals surface area contributed by atoms with E-state index in [4.69, 9.17) is 4.74 Å². The van der Waals surface area contributed by atoms with Gasteiger partial charge in [-0.15, -0.1) is 0 Å². The van der Waals surface area contributed by atoms with Crippen LogP contribution < -0.4 is 4.74 Å². The molecule has 0 spiro atoms. The van der Waals surface area contributed by atoms with E-state index < -0.39 is 0 Å². The zero-order valence-electron chi connectivity index (χ0n) is 9.15. The second-order valence-electron chi connectivity index (χ2n) is 4.01. The van der Waals surface area contributed by atoms with Crippen molar-refractivity contribution in [2.75, 3.05) is 19.9 Å². The Morgan fingerprint density at radius 2 is 2.35 bits per heavy atom. The number of ether oxygens (including phenoxy) is 1. The van der Waals surface area contributed by atoms with Crippen LogP contribution in [0.25, 0.3) is 5.57 Å². The Hall–Kier alpha value is -0.490. The highest BCUT2D eigenvalue weighted by Crippen LogP contribution is 2.44. The molecule has 1 N–H and O–H groups in total. The molecule has 0 radical (unpaired) electrons. The molecular weight excluding hydrogens is 302 g/mol. The molecule has 0 aromatic heterocycles. The highest BCUT2D eigenvalue weighted by Gasteiger charge is 2.27. The number of hydrogen-bond acceptors (Lipinski definition) is 4. The third-order valence-corrected chi connectivity index (χ3v) is 4.59. The number of aliphatic hydroxyl groups excluding tert-OH is 1. The van der Waals surface area contributed by atoms with Crippen LogP contribution in [0.4, 0.5) is 0 Å². The smallest absolute Gasteiger partial charge is 0.128 e. The minimum Gasteiger partial charge on any atom is -0.493 e. The van der Waals surface area contributed by atoms with E-state index in [1.807, 2.05) is 16.4 Å². The van der Waals surface area contributed by atoms with E-state index in [1.165, 1.54) is 10.5 Å². The molecule has 1 aromatic carbocycles. The molecule has 2 heterocycles. The molecule has 1 aromatic rings. The lowest BCUT2D eigenvalue weighted by atomic mass is 10.0. The van der Waals surface area contributed by atoms with Crippen LogP contribution in [-0.4, -0.2) is 29.3 Å². The van der Waals surface area contributed by atoms with E-state index in [2.05, 4.69) is 22.0 Å². The monoisotopic (exact) mass is 313 g/mol. The zero-order valence-corrected chi connectivity index (χ0v) is 11.6. The quantitative estimate of drug-likeness (QED) is 0.808. The molecule has 2 aliphatic rings. The van der Waals surface area contributed by atoms with Crippen LogP contribution in [0.1, 0.15) is 12.0 Å². The van der Waals surface area contributed by atoms with E-state index in [-0.39, 0.29) is 6.73 Å². The molecule has 0 bridgehead atoms. The zero-order chi connectivity index (χ0) is 11.8. The summed E-state index contributed by atoms with van der Waals surface area (Å²) in [6.45, 7) is 1.58. The summed E-state index contributed by atoms with van der Waals surface area (Å²) in [6, 6.07) is 6.13. The molecular formula is C12H12BrNO2S. The minimum atomic E-state index is 0.0877. The van der Waals surface area contributed by atoms with Crippen molar-refractivity contribution in [3.8, 4) is 5.75 Å². The second kappa shape index (κ2) is 4.65. The average Bonchev–Trinajstić information content (AvgIpc) is 2.66. The van der Waals surface area contributed by atoms with Crippen molar-refractivity contribution in [3.05, 3.63) is 33.1 Å². The SMILES string of the molecule is OCN1CC2=C(CCOc3cc(Br)ccc32)S1. The lowest BCUT2D eigenvalue weighted by molar-refractivity contribution is 0.203. The summed E-state index contributed by atoms with van der Waals surface area (Å²) in [5.41, 5.74) is 2.45. The van der Waals surface area contributed by atoms with Crippen molar-refractivity contribution in [1.29, 1.82) is 0 Å². The third-order valence-electron chi connectivity index (χ3n) is 2.92. The summed E-state index contributed by atoms with van der Waals surface area (Å²) in [6.07, 6.45) is 0.919. The molecule has 3 rings (SSSR count). The normalized spacial score (nSPS) is 19.6. The van der Waals surface area contributed by atoms with E-state index in [9.17, 15) is 5.11 Å². The number of hydrogen-bond donors (Lipinski definition) is 1. The van der Waals surface area contributed by atoms with Crippen LogP contribution in [0.15, 0.2) is 27.6 Å². The van der Waals surface area contributed by atoms with Gasteiger partial charge in [0.1, 0.15) is 12.5 Å². The molecule has 3 nitrogen and oxygen atoms in total. The van der Waals surface area contributed by atoms with Crippen molar-refractivity contribution in [2.24, 2.45) is 0 Å². The number of fused-ring (bicyclic) bond motifs is 2. The van der Waals surface area contributed by atoms with Crippen molar-refractivity contribution in [1.82, 2.24) is 4.31 Å². The van der Waals surface area contributed by atoms with Crippen LogP contribution in [0.3, 0.4) is 0 Å². The summed E-state index contributed by atoms with van der Waals surface area (Å²) in [5, 5.41) is 9.22. The third kappa shape index (κ3) is 2.12. The summed E-state index contributed by atoms with van der Waals surface area (Å²) in [5.74, 6) is 0.935. The molecule has 17 heavy (non-hydrogen) atoms. The van der Waals surface area contributed by atoms with E-state index in [0.717, 1.165) is 28.8 Å². The van der Waals surface area contributed by atoms with Crippen molar-refractivity contribution >= 4 is 33.5 Å². The van der Waals surface area contributed by atoms with Gasteiger partial charge < -0.3 is 9.84 Å². The maximum Gasteiger partial charge on any atom is 0.128 e. The Morgan fingerprint density at radius 3 is 3.18 bits per heavy atom. The molecule has 0 saturated heterocycles. The highest BCUT2D eigenvalue weighted by molar-refractivity contribution is 9.10. The molecule has 0 amide bonds. The first-order valence-electron chi connectivity index (χ1n) is 5.46. The van der Waals surface area contributed by atoms with Gasteiger partial charge in [0.2, 0.25) is 0 Å². The lowest BCUT2D eigenvalue weighted by Gasteiger charge is -2.13. The molecule has 90 valence electrons. The predicted molar refractivity (Wildman–Crippen MR) is 72.6 cm³/mol. The molecule has 0 atom stereocenters. The van der Waals surface area contributed by atoms with Gasteiger partial charge in [0.25, 0.3) is 0 Å². The van der Waals surface area contributed by atoms with Crippen LogP contribution in [0.2, 0.25) is 0 Å². The molecule has 0 saturated carbocycles. The van der Waals surface area contributed by atoms with Gasteiger partial charge in [0.05, 0.1) is 6.61 Å². The summed E-state index contributed by atoms with van der Waals surface area (Å²) in [7, 11) is 0. The molecule has 2 aliphatic heterocycles. The molecule has 5 heteroatoms. The molecule has 0 unspecified atom stereocenters. The first-order valence-corrected chi connectivity index (χ1v) is 7.03. The van der Waals surface area contributed by atoms with Gasteiger partial charge in [-0.2, -0.15) is 0 Å². The number of nitrogens with zero attached hydrogens (tertiary/aromatic N) is 1. The van der Waals surface area contributed by atoms with E-state index in [1.54, 1.807) is 11.9 Å². The van der Waals surface area contributed by atoms with Crippen molar-refractivity contribution in [3.63, 3.8) is 0 Å². The Labute approximate surface area is 113 Å². The first-order chi connectivity index (χ1) is 8.28. The topological polar surface area (TPSA) is 32.7 Å². The van der Waals surface area contributed by atoms with Crippen molar-refractivity contribution < 1.29 is 9.84 Å². The second-order valence-corrected chi connectivity index (χ2v) is 6.12. The Morgan fingerprint density at radius 1 is 1.47 bits per heavy atom. The van der Waals surface area contributed by atoms with Gasteiger partial charge in [-0.3, -0.25) is 0 Å². The largest absolute Gasteiger partial charge is 0.493 e. The van der Waals surface area contributed by atoms with E-state index in [0.29, 0.717) is 6.61 Å². The Bertz CT molecular complexity index is 489. The average molecular weight is 314 g/mol. The van der Waals surface area contributed by atoms with Crippen LogP contribution >= 0.6 is 27.9 Å². The minimum absolute atomic E-state index is 0.0877. The van der Waals surface area contributed by atoms with Gasteiger partial charge in [-0.1, -0.05) is 15.9 Å². The van der Waals surface area contributed by atoms with E-state index >= 15 is 0 Å². The van der Waals surface area contributed by atoms with Crippen LogP contribution in [0, 0.1) is 0 Å².